The second kappa shape index (κ2) is 6.66. The predicted molar refractivity (Wildman–Crippen MR) is 88.4 cm³/mol. The molecule has 3 heteroatoms. The van der Waals surface area contributed by atoms with Crippen molar-refractivity contribution in [3.63, 3.8) is 0 Å². The highest BCUT2D eigenvalue weighted by atomic mass is 32.1. The molecule has 106 valence electrons. The number of hydrogen-bond acceptors (Lipinski definition) is 3. The van der Waals surface area contributed by atoms with Crippen LogP contribution in [0.3, 0.4) is 0 Å². The summed E-state index contributed by atoms with van der Waals surface area (Å²) in [6.45, 7) is 3.01. The van der Waals surface area contributed by atoms with Crippen molar-refractivity contribution < 1.29 is 0 Å². The van der Waals surface area contributed by atoms with Gasteiger partial charge in [-0.2, -0.15) is 11.3 Å². The number of aromatic nitrogens is 1. The van der Waals surface area contributed by atoms with Crippen LogP contribution in [0.1, 0.15) is 28.4 Å². The van der Waals surface area contributed by atoms with Crippen LogP contribution in [0.4, 0.5) is 0 Å². The highest BCUT2D eigenvalue weighted by Crippen LogP contribution is 2.21. The first-order chi connectivity index (χ1) is 10.3. The zero-order valence-electron chi connectivity index (χ0n) is 12.0. The van der Waals surface area contributed by atoms with Gasteiger partial charge in [0.25, 0.3) is 0 Å². The van der Waals surface area contributed by atoms with Gasteiger partial charge >= 0.3 is 0 Å². The second-order valence-electron chi connectivity index (χ2n) is 5.06. The van der Waals surface area contributed by atoms with E-state index in [1.165, 1.54) is 16.7 Å². The average Bonchev–Trinajstić information content (AvgIpc) is 2.95. The fraction of sp³-hybridized carbons (Fsp3) is 0.167. The molecule has 0 bridgehead atoms. The van der Waals surface area contributed by atoms with Gasteiger partial charge in [0.1, 0.15) is 0 Å². The Balaban J connectivity index is 1.85. The fourth-order valence-corrected chi connectivity index (χ4v) is 3.22. The van der Waals surface area contributed by atoms with Crippen LogP contribution in [-0.2, 0) is 6.54 Å². The summed E-state index contributed by atoms with van der Waals surface area (Å²) >= 11 is 1.75. The molecular formula is C18H18N2S. The van der Waals surface area contributed by atoms with E-state index < -0.39 is 0 Å². The van der Waals surface area contributed by atoms with Gasteiger partial charge in [-0.3, -0.25) is 4.98 Å². The van der Waals surface area contributed by atoms with Crippen molar-refractivity contribution in [3.8, 4) is 0 Å². The minimum absolute atomic E-state index is 0.117. The van der Waals surface area contributed by atoms with Gasteiger partial charge in [0.2, 0.25) is 0 Å². The Hall–Kier alpha value is -1.97. The molecule has 3 rings (SSSR count). The van der Waals surface area contributed by atoms with Crippen LogP contribution in [0.15, 0.2) is 65.5 Å². The highest BCUT2D eigenvalue weighted by molar-refractivity contribution is 7.08. The summed E-state index contributed by atoms with van der Waals surface area (Å²) in [6.07, 6.45) is 1.85. The van der Waals surface area contributed by atoms with Crippen molar-refractivity contribution in [1.82, 2.24) is 10.3 Å². The molecule has 0 aliphatic rings. The standard InChI is InChI=1S/C18H18N2S/c1-14-12-21-13-16(14)11-20-18(15-7-3-2-4-8-15)17-9-5-6-10-19-17/h2-10,12-13,18,20H,11H2,1H3. The molecule has 2 heterocycles. The number of nitrogens with zero attached hydrogens (tertiary/aromatic N) is 1. The van der Waals surface area contributed by atoms with Crippen LogP contribution in [0.5, 0.6) is 0 Å². The summed E-state index contributed by atoms with van der Waals surface area (Å²) in [5.41, 5.74) is 5.00. The molecule has 0 spiro atoms. The number of thiophene rings is 1. The van der Waals surface area contributed by atoms with Crippen LogP contribution in [-0.4, -0.2) is 4.98 Å². The smallest absolute Gasteiger partial charge is 0.0754 e. The van der Waals surface area contributed by atoms with Crippen LogP contribution < -0.4 is 5.32 Å². The van der Waals surface area contributed by atoms with Crippen molar-refractivity contribution in [2.24, 2.45) is 0 Å². The molecule has 0 radical (unpaired) electrons. The largest absolute Gasteiger partial charge is 0.301 e. The number of aryl methyl sites for hydroxylation is 1. The first kappa shape index (κ1) is 14.0. The van der Waals surface area contributed by atoms with Crippen molar-refractivity contribution in [3.05, 3.63) is 87.9 Å². The normalized spacial score (nSPS) is 12.2. The highest BCUT2D eigenvalue weighted by Gasteiger charge is 2.14. The molecule has 2 aromatic heterocycles. The topological polar surface area (TPSA) is 24.9 Å². The van der Waals surface area contributed by atoms with Gasteiger partial charge in [0.15, 0.2) is 0 Å². The second-order valence-corrected chi connectivity index (χ2v) is 5.80. The minimum atomic E-state index is 0.117. The summed E-state index contributed by atoms with van der Waals surface area (Å²) in [4.78, 5) is 4.52. The Bertz CT molecular complexity index is 637. The third-order valence-corrected chi connectivity index (χ3v) is 4.48. The molecule has 0 saturated carbocycles. The number of hydrogen-bond donors (Lipinski definition) is 1. The molecule has 0 aliphatic carbocycles. The minimum Gasteiger partial charge on any atom is -0.301 e. The Morgan fingerprint density at radius 1 is 1.05 bits per heavy atom. The van der Waals surface area contributed by atoms with E-state index in [-0.39, 0.29) is 6.04 Å². The van der Waals surface area contributed by atoms with Crippen molar-refractivity contribution in [2.75, 3.05) is 0 Å². The maximum atomic E-state index is 4.52. The Morgan fingerprint density at radius 3 is 2.52 bits per heavy atom. The van der Waals surface area contributed by atoms with Crippen LogP contribution >= 0.6 is 11.3 Å². The lowest BCUT2D eigenvalue weighted by Crippen LogP contribution is -2.23. The molecule has 1 N–H and O–H groups in total. The van der Waals surface area contributed by atoms with E-state index >= 15 is 0 Å². The zero-order chi connectivity index (χ0) is 14.5. The van der Waals surface area contributed by atoms with E-state index in [1.54, 1.807) is 11.3 Å². The van der Waals surface area contributed by atoms with Gasteiger partial charge in [-0.25, -0.2) is 0 Å². The summed E-state index contributed by atoms with van der Waals surface area (Å²) in [5.74, 6) is 0. The van der Waals surface area contributed by atoms with Crippen LogP contribution in [0, 0.1) is 6.92 Å². The van der Waals surface area contributed by atoms with E-state index in [4.69, 9.17) is 0 Å². The molecule has 1 atom stereocenters. The molecule has 21 heavy (non-hydrogen) atoms. The number of pyridine rings is 1. The summed E-state index contributed by atoms with van der Waals surface area (Å²) in [7, 11) is 0. The van der Waals surface area contributed by atoms with E-state index in [0.29, 0.717) is 0 Å². The van der Waals surface area contributed by atoms with Gasteiger partial charge < -0.3 is 5.32 Å². The summed E-state index contributed by atoms with van der Waals surface area (Å²) in [6, 6.07) is 16.7. The third kappa shape index (κ3) is 3.38. The molecule has 0 saturated heterocycles. The molecular weight excluding hydrogens is 276 g/mol. The lowest BCUT2D eigenvalue weighted by Gasteiger charge is -2.19. The third-order valence-electron chi connectivity index (χ3n) is 3.57. The van der Waals surface area contributed by atoms with Gasteiger partial charge in [0.05, 0.1) is 11.7 Å². The number of rotatable bonds is 5. The first-order valence-corrected chi connectivity index (χ1v) is 8.00. The van der Waals surface area contributed by atoms with Crippen LogP contribution in [0.25, 0.3) is 0 Å². The Labute approximate surface area is 129 Å². The lowest BCUT2D eigenvalue weighted by molar-refractivity contribution is 0.591. The zero-order valence-corrected chi connectivity index (χ0v) is 12.8. The van der Waals surface area contributed by atoms with Crippen molar-refractivity contribution >= 4 is 11.3 Å². The average molecular weight is 294 g/mol. The van der Waals surface area contributed by atoms with Gasteiger partial charge in [0, 0.05) is 12.7 Å². The molecule has 0 aliphatic heterocycles. The van der Waals surface area contributed by atoms with E-state index in [2.05, 4.69) is 58.3 Å². The van der Waals surface area contributed by atoms with Crippen molar-refractivity contribution in [2.45, 2.75) is 19.5 Å². The number of nitrogens with one attached hydrogen (secondary N) is 1. The molecule has 3 aromatic rings. The first-order valence-electron chi connectivity index (χ1n) is 7.05. The lowest BCUT2D eigenvalue weighted by atomic mass is 10.0. The van der Waals surface area contributed by atoms with Gasteiger partial charge in [-0.1, -0.05) is 36.4 Å². The molecule has 2 nitrogen and oxygen atoms in total. The maximum absolute atomic E-state index is 4.52. The van der Waals surface area contributed by atoms with Crippen LogP contribution in [0.2, 0.25) is 0 Å². The Kier molecular flexibility index (Phi) is 4.43. The SMILES string of the molecule is Cc1cscc1CNC(c1ccccc1)c1ccccn1. The van der Waals surface area contributed by atoms with E-state index in [9.17, 15) is 0 Å². The molecule has 0 amide bonds. The summed E-state index contributed by atoms with van der Waals surface area (Å²) < 4.78 is 0. The van der Waals surface area contributed by atoms with Gasteiger partial charge in [-0.15, -0.1) is 0 Å². The van der Waals surface area contributed by atoms with Gasteiger partial charge in [-0.05, 0) is 46.5 Å². The molecule has 0 fully saturated rings. The molecule has 1 aromatic carbocycles. The monoisotopic (exact) mass is 294 g/mol. The predicted octanol–water partition coefficient (Wildman–Crippen LogP) is 4.33. The maximum Gasteiger partial charge on any atom is 0.0754 e. The van der Waals surface area contributed by atoms with Crippen molar-refractivity contribution in [1.29, 1.82) is 0 Å². The quantitative estimate of drug-likeness (QED) is 0.757. The molecule has 1 unspecified atom stereocenters. The summed E-state index contributed by atoms with van der Waals surface area (Å²) in [5, 5.41) is 8.04. The fourth-order valence-electron chi connectivity index (χ4n) is 2.37. The van der Waals surface area contributed by atoms with E-state index in [0.717, 1.165) is 12.2 Å². The van der Waals surface area contributed by atoms with E-state index in [1.807, 2.05) is 24.4 Å². The number of benzene rings is 1. The Morgan fingerprint density at radius 2 is 1.86 bits per heavy atom.